The molecule has 0 fully saturated rings. The van der Waals surface area contributed by atoms with Crippen molar-refractivity contribution in [1.82, 2.24) is 9.78 Å². The molecular formula is C12H21N3O2S. The maximum atomic E-state index is 10.9. The van der Waals surface area contributed by atoms with Gasteiger partial charge in [0.1, 0.15) is 11.4 Å². The van der Waals surface area contributed by atoms with Gasteiger partial charge in [0, 0.05) is 6.54 Å². The van der Waals surface area contributed by atoms with E-state index in [0.717, 1.165) is 5.75 Å². The van der Waals surface area contributed by atoms with Crippen molar-refractivity contribution < 1.29 is 4.92 Å². The highest BCUT2D eigenvalue weighted by Gasteiger charge is 2.27. The van der Waals surface area contributed by atoms with E-state index in [1.165, 1.54) is 0 Å². The zero-order valence-corrected chi connectivity index (χ0v) is 12.5. The smallest absolute Gasteiger partial charge is 0.262 e. The van der Waals surface area contributed by atoms with Crippen LogP contribution in [-0.2, 0) is 6.54 Å². The molecular weight excluding hydrogens is 250 g/mol. The minimum Gasteiger partial charge on any atom is -0.262 e. The summed E-state index contributed by atoms with van der Waals surface area (Å²) in [5.41, 5.74) is 1.32. The summed E-state index contributed by atoms with van der Waals surface area (Å²) in [5.74, 6) is 1.05. The van der Waals surface area contributed by atoms with Crippen LogP contribution in [0.3, 0.4) is 0 Å². The first-order chi connectivity index (χ1) is 8.18. The number of rotatable bonds is 4. The summed E-state index contributed by atoms with van der Waals surface area (Å²) in [7, 11) is 0. The van der Waals surface area contributed by atoms with Crippen molar-refractivity contribution >= 4 is 18.3 Å². The van der Waals surface area contributed by atoms with Gasteiger partial charge in [-0.3, -0.25) is 14.8 Å². The second-order valence-corrected chi connectivity index (χ2v) is 6.07. The molecule has 0 radical (unpaired) electrons. The Bertz CT molecular complexity index is 449. The molecule has 0 saturated heterocycles. The first-order valence-corrected chi connectivity index (χ1v) is 6.61. The maximum Gasteiger partial charge on any atom is 0.312 e. The topological polar surface area (TPSA) is 61.0 Å². The Morgan fingerprint density at radius 2 is 2.00 bits per heavy atom. The molecule has 1 heterocycles. The highest BCUT2D eigenvalue weighted by Crippen LogP contribution is 2.30. The van der Waals surface area contributed by atoms with Gasteiger partial charge in [-0.15, -0.1) is 0 Å². The number of nitro groups is 1. The molecule has 0 amide bonds. The van der Waals surface area contributed by atoms with Gasteiger partial charge in [0.15, 0.2) is 0 Å². The lowest BCUT2D eigenvalue weighted by Crippen LogP contribution is -2.27. The Labute approximate surface area is 113 Å². The molecule has 0 saturated carbocycles. The lowest BCUT2D eigenvalue weighted by atomic mass is 9.82. The van der Waals surface area contributed by atoms with Crippen LogP contribution in [0.2, 0.25) is 0 Å². The summed E-state index contributed by atoms with van der Waals surface area (Å²) in [6, 6.07) is 0. The third kappa shape index (κ3) is 3.04. The third-order valence-electron chi connectivity index (χ3n) is 3.36. The van der Waals surface area contributed by atoms with E-state index in [0.29, 0.717) is 23.9 Å². The van der Waals surface area contributed by atoms with Crippen LogP contribution >= 0.6 is 12.6 Å². The third-order valence-corrected chi connectivity index (χ3v) is 3.81. The molecule has 0 aliphatic carbocycles. The fraction of sp³-hybridized carbons (Fsp3) is 0.750. The second-order valence-electron chi connectivity index (χ2n) is 5.70. The summed E-state index contributed by atoms with van der Waals surface area (Å²) in [4.78, 5) is 10.6. The lowest BCUT2D eigenvalue weighted by Gasteiger charge is -2.29. The van der Waals surface area contributed by atoms with Crippen LogP contribution in [0.15, 0.2) is 0 Å². The quantitative estimate of drug-likeness (QED) is 0.520. The highest BCUT2D eigenvalue weighted by atomic mass is 32.1. The zero-order valence-electron chi connectivity index (χ0n) is 11.6. The van der Waals surface area contributed by atoms with Crippen LogP contribution in [0, 0.1) is 35.3 Å². The van der Waals surface area contributed by atoms with E-state index < -0.39 is 0 Å². The molecule has 5 nitrogen and oxygen atoms in total. The summed E-state index contributed by atoms with van der Waals surface area (Å²) >= 11 is 4.37. The van der Waals surface area contributed by atoms with Gasteiger partial charge in [-0.05, 0) is 30.9 Å². The molecule has 1 unspecified atom stereocenters. The molecule has 1 rings (SSSR count). The van der Waals surface area contributed by atoms with Crippen molar-refractivity contribution in [3.8, 4) is 0 Å². The first-order valence-electron chi connectivity index (χ1n) is 5.97. The Balaban J connectivity index is 3.06. The standard InChI is InChI=1S/C12H21N3O2S/c1-8-11(15(16)17)9(2)14(13-8)6-10(7-18)12(3,4)5/h10,18H,6-7H2,1-5H3. The van der Waals surface area contributed by atoms with Crippen molar-refractivity contribution in [2.24, 2.45) is 11.3 Å². The number of nitrogens with zero attached hydrogens (tertiary/aromatic N) is 3. The molecule has 0 aliphatic heterocycles. The van der Waals surface area contributed by atoms with Gasteiger partial charge >= 0.3 is 5.69 Å². The van der Waals surface area contributed by atoms with Crippen LogP contribution in [0.25, 0.3) is 0 Å². The van der Waals surface area contributed by atoms with Gasteiger partial charge in [-0.25, -0.2) is 0 Å². The van der Waals surface area contributed by atoms with E-state index in [9.17, 15) is 10.1 Å². The Hall–Kier alpha value is -1.04. The molecule has 0 aromatic carbocycles. The van der Waals surface area contributed by atoms with Crippen molar-refractivity contribution in [2.45, 2.75) is 41.2 Å². The normalized spacial score (nSPS) is 13.7. The van der Waals surface area contributed by atoms with Crippen LogP contribution in [0.4, 0.5) is 5.69 Å². The van der Waals surface area contributed by atoms with Gasteiger partial charge in [0.2, 0.25) is 0 Å². The van der Waals surface area contributed by atoms with E-state index in [1.54, 1.807) is 18.5 Å². The van der Waals surface area contributed by atoms with E-state index in [-0.39, 0.29) is 16.0 Å². The molecule has 0 aliphatic rings. The zero-order chi connectivity index (χ0) is 14.1. The van der Waals surface area contributed by atoms with Gasteiger partial charge in [-0.2, -0.15) is 17.7 Å². The highest BCUT2D eigenvalue weighted by molar-refractivity contribution is 7.80. The van der Waals surface area contributed by atoms with Crippen LogP contribution in [-0.4, -0.2) is 20.5 Å². The number of thiol groups is 1. The van der Waals surface area contributed by atoms with Crippen molar-refractivity contribution in [3.05, 3.63) is 21.5 Å². The first kappa shape index (κ1) is 15.0. The maximum absolute atomic E-state index is 10.9. The van der Waals surface area contributed by atoms with Gasteiger partial charge in [0.05, 0.1) is 4.92 Å². The minimum absolute atomic E-state index is 0.100. The van der Waals surface area contributed by atoms with E-state index in [2.05, 4.69) is 38.5 Å². The SMILES string of the molecule is Cc1nn(CC(CS)C(C)(C)C)c(C)c1[N+](=O)[O-]. The van der Waals surface area contributed by atoms with E-state index >= 15 is 0 Å². The number of hydrogen-bond donors (Lipinski definition) is 1. The Morgan fingerprint density at radius 3 is 2.33 bits per heavy atom. The Morgan fingerprint density at radius 1 is 1.44 bits per heavy atom. The van der Waals surface area contributed by atoms with E-state index in [1.807, 2.05) is 0 Å². The predicted octanol–water partition coefficient (Wildman–Crippen LogP) is 3.00. The molecule has 1 atom stereocenters. The molecule has 0 spiro atoms. The molecule has 1 aromatic heterocycles. The largest absolute Gasteiger partial charge is 0.312 e. The minimum atomic E-state index is -0.360. The molecule has 0 bridgehead atoms. The molecule has 6 heteroatoms. The van der Waals surface area contributed by atoms with Crippen molar-refractivity contribution in [1.29, 1.82) is 0 Å². The average Bonchev–Trinajstić information content (AvgIpc) is 2.48. The number of aromatic nitrogens is 2. The van der Waals surface area contributed by atoms with Gasteiger partial charge < -0.3 is 0 Å². The molecule has 0 N–H and O–H groups in total. The summed E-state index contributed by atoms with van der Waals surface area (Å²) in [5, 5.41) is 15.2. The second kappa shape index (κ2) is 5.30. The van der Waals surface area contributed by atoms with Crippen LogP contribution in [0.5, 0.6) is 0 Å². The number of aryl methyl sites for hydroxylation is 1. The molecule has 102 valence electrons. The van der Waals surface area contributed by atoms with Gasteiger partial charge in [0.25, 0.3) is 0 Å². The van der Waals surface area contributed by atoms with Crippen LogP contribution in [0.1, 0.15) is 32.2 Å². The molecule has 1 aromatic rings. The van der Waals surface area contributed by atoms with E-state index in [4.69, 9.17) is 0 Å². The van der Waals surface area contributed by atoms with Crippen LogP contribution < -0.4 is 0 Å². The monoisotopic (exact) mass is 271 g/mol. The number of hydrogen-bond acceptors (Lipinski definition) is 4. The Kier molecular flexibility index (Phi) is 4.42. The molecule has 18 heavy (non-hydrogen) atoms. The van der Waals surface area contributed by atoms with Crippen molar-refractivity contribution in [2.75, 3.05) is 5.75 Å². The predicted molar refractivity (Wildman–Crippen MR) is 75.2 cm³/mol. The van der Waals surface area contributed by atoms with Crippen molar-refractivity contribution in [3.63, 3.8) is 0 Å². The van der Waals surface area contributed by atoms with Gasteiger partial charge in [-0.1, -0.05) is 20.8 Å². The average molecular weight is 271 g/mol. The summed E-state index contributed by atoms with van der Waals surface area (Å²) in [6.45, 7) is 10.5. The lowest BCUT2D eigenvalue weighted by molar-refractivity contribution is -0.386. The fourth-order valence-corrected chi connectivity index (χ4v) is 2.61. The summed E-state index contributed by atoms with van der Waals surface area (Å²) < 4.78 is 1.74. The fourth-order valence-electron chi connectivity index (χ4n) is 1.94. The summed E-state index contributed by atoms with van der Waals surface area (Å²) in [6.07, 6.45) is 0.